The molecule has 0 aliphatic carbocycles. The smallest absolute Gasteiger partial charge is 0.184 e. The number of halogens is 1. The third-order valence-electron chi connectivity index (χ3n) is 5.56. The molecule has 2 heterocycles. The minimum atomic E-state index is -4.03. The lowest BCUT2D eigenvalue weighted by Gasteiger charge is -2.37. The first-order valence-electron chi connectivity index (χ1n) is 9.60. The second-order valence-corrected chi connectivity index (χ2v) is 14.6. The first-order valence-corrected chi connectivity index (χ1v) is 14.9. The fourth-order valence-corrected chi connectivity index (χ4v) is 7.16. The second-order valence-electron chi connectivity index (χ2n) is 8.15. The molecule has 0 bridgehead atoms. The number of nitrogens with zero attached hydrogens (tertiary/aromatic N) is 1. The molecule has 1 aliphatic rings. The molecule has 3 rings (SSSR count). The van der Waals surface area contributed by atoms with Crippen molar-refractivity contribution in [3.63, 3.8) is 0 Å². The largest absolute Gasteiger partial charge is 0.372 e. The lowest BCUT2D eigenvalue weighted by molar-refractivity contribution is -0.00394. The van der Waals surface area contributed by atoms with Crippen LogP contribution in [0.25, 0.3) is 0 Å². The average molecular weight is 506 g/mol. The Morgan fingerprint density at radius 2 is 1.72 bits per heavy atom. The summed E-state index contributed by atoms with van der Waals surface area (Å²) in [5.74, 6) is 0. The van der Waals surface area contributed by atoms with Gasteiger partial charge in [0.1, 0.15) is 12.8 Å². The van der Waals surface area contributed by atoms with E-state index in [1.54, 1.807) is 0 Å². The van der Waals surface area contributed by atoms with Crippen molar-refractivity contribution in [1.29, 1.82) is 0 Å². The van der Waals surface area contributed by atoms with Crippen molar-refractivity contribution in [2.24, 2.45) is 0 Å². The predicted octanol–water partition coefficient (Wildman–Crippen LogP) is 2.44. The number of hydrogen-bond acceptors (Lipinski definition) is 8. The summed E-state index contributed by atoms with van der Waals surface area (Å²) in [4.78, 5) is 3.62. The van der Waals surface area contributed by atoms with Crippen LogP contribution < -0.4 is 0 Å². The van der Waals surface area contributed by atoms with Crippen molar-refractivity contribution in [2.75, 3.05) is 19.1 Å². The molecule has 0 spiro atoms. The van der Waals surface area contributed by atoms with Crippen molar-refractivity contribution in [3.8, 4) is 0 Å². The first-order chi connectivity index (χ1) is 14.7. The lowest BCUT2D eigenvalue weighted by Crippen LogP contribution is -2.42. The number of sulfone groups is 3. The van der Waals surface area contributed by atoms with Gasteiger partial charge in [-0.05, 0) is 44.0 Å². The van der Waals surface area contributed by atoms with Gasteiger partial charge in [0.25, 0.3) is 0 Å². The van der Waals surface area contributed by atoms with Gasteiger partial charge in [-0.25, -0.2) is 29.6 Å². The Morgan fingerprint density at radius 1 is 1.06 bits per heavy atom. The van der Waals surface area contributed by atoms with Gasteiger partial charge in [-0.15, -0.1) is 0 Å². The Bertz CT molecular complexity index is 1360. The number of ether oxygens (including phenoxy) is 1. The first kappa shape index (κ1) is 24.7. The quantitative estimate of drug-likeness (QED) is 0.586. The number of rotatable bonds is 6. The molecule has 0 amide bonds. The highest BCUT2D eigenvalue weighted by atomic mass is 32.2. The number of alkyl halides is 1. The summed E-state index contributed by atoms with van der Waals surface area (Å²) in [7, 11) is -11.4. The van der Waals surface area contributed by atoms with E-state index in [0.29, 0.717) is 0 Å². The Balaban J connectivity index is 2.05. The summed E-state index contributed by atoms with van der Waals surface area (Å²) in [6.45, 7) is 0.632. The number of hydrogen-bond donors (Lipinski definition) is 0. The third-order valence-corrected chi connectivity index (χ3v) is 10.3. The normalized spacial score (nSPS) is 22.6. The van der Waals surface area contributed by atoms with E-state index in [1.165, 1.54) is 37.4 Å². The molecule has 0 N–H and O–H groups in total. The van der Waals surface area contributed by atoms with Gasteiger partial charge < -0.3 is 4.74 Å². The van der Waals surface area contributed by atoms with Crippen LogP contribution in [0.5, 0.6) is 0 Å². The number of pyridine rings is 1. The summed E-state index contributed by atoms with van der Waals surface area (Å²) >= 11 is 0. The minimum Gasteiger partial charge on any atom is -0.372 e. The highest BCUT2D eigenvalue weighted by molar-refractivity contribution is 7.93. The molecule has 1 fully saturated rings. The maximum atomic E-state index is 13.5. The van der Waals surface area contributed by atoms with E-state index in [1.807, 2.05) is 0 Å². The van der Waals surface area contributed by atoms with Gasteiger partial charge in [0.2, 0.25) is 0 Å². The van der Waals surface area contributed by atoms with Crippen LogP contribution in [0.1, 0.15) is 37.1 Å². The highest BCUT2D eigenvalue weighted by Crippen LogP contribution is 2.43. The summed E-state index contributed by atoms with van der Waals surface area (Å²) in [6.07, 6.45) is 2.20. The topological polar surface area (TPSA) is 125 Å². The van der Waals surface area contributed by atoms with Gasteiger partial charge in [-0.3, -0.25) is 4.98 Å². The molecular weight excluding hydrogens is 481 g/mol. The van der Waals surface area contributed by atoms with Gasteiger partial charge in [0.05, 0.1) is 25.1 Å². The summed E-state index contributed by atoms with van der Waals surface area (Å²) < 4.78 is 92.7. The van der Waals surface area contributed by atoms with Crippen LogP contribution in [-0.2, 0) is 40.9 Å². The van der Waals surface area contributed by atoms with Crippen molar-refractivity contribution in [3.05, 3.63) is 47.8 Å². The monoisotopic (exact) mass is 505 g/mol. The van der Waals surface area contributed by atoms with Gasteiger partial charge in [-0.2, -0.15) is 0 Å². The summed E-state index contributed by atoms with van der Waals surface area (Å²) in [5.41, 5.74) is 0.105. The van der Waals surface area contributed by atoms with Crippen molar-refractivity contribution in [1.82, 2.24) is 4.98 Å². The maximum absolute atomic E-state index is 13.5. The fraction of sp³-hybridized carbons (Fsp3) is 0.450. The van der Waals surface area contributed by atoms with E-state index in [0.717, 1.165) is 18.6 Å². The van der Waals surface area contributed by atoms with E-state index < -0.39 is 47.0 Å². The lowest BCUT2D eigenvalue weighted by atomic mass is 9.94. The van der Waals surface area contributed by atoms with Gasteiger partial charge in [-0.1, -0.05) is 6.07 Å². The Morgan fingerprint density at radius 3 is 2.31 bits per heavy atom. The van der Waals surface area contributed by atoms with E-state index in [4.69, 9.17) is 4.74 Å². The van der Waals surface area contributed by atoms with Crippen molar-refractivity contribution >= 4 is 29.5 Å². The molecule has 1 aliphatic heterocycles. The van der Waals surface area contributed by atoms with Crippen LogP contribution in [0, 0.1) is 0 Å². The van der Waals surface area contributed by atoms with E-state index in [9.17, 15) is 29.6 Å². The molecule has 0 saturated carbocycles. The zero-order valence-electron chi connectivity index (χ0n) is 17.8. The molecule has 1 aromatic heterocycles. The highest BCUT2D eigenvalue weighted by Gasteiger charge is 2.46. The Labute approximate surface area is 187 Å². The number of aromatic nitrogens is 1. The van der Waals surface area contributed by atoms with E-state index in [-0.39, 0.29) is 45.4 Å². The predicted molar refractivity (Wildman–Crippen MR) is 115 cm³/mol. The van der Waals surface area contributed by atoms with Crippen LogP contribution in [-0.4, -0.2) is 54.1 Å². The molecule has 1 saturated heterocycles. The van der Waals surface area contributed by atoms with Gasteiger partial charge in [0, 0.05) is 30.9 Å². The Hall–Kier alpha value is -1.89. The molecule has 2 atom stereocenters. The average Bonchev–Trinajstić information content (AvgIpc) is 2.72. The SMILES string of the molecule is CC1(S(=O)(=O)c2cccc(S(C)(=O)=O)c2)CCOC(c2ncc(CF)cc2S(C)(=O)=O)C1. The molecule has 176 valence electrons. The van der Waals surface area contributed by atoms with Crippen LogP contribution in [0.15, 0.2) is 51.2 Å². The summed E-state index contributed by atoms with van der Waals surface area (Å²) in [6, 6.07) is 6.31. The molecule has 8 nitrogen and oxygen atoms in total. The molecule has 1 aromatic carbocycles. The minimum absolute atomic E-state index is 0.0158. The van der Waals surface area contributed by atoms with E-state index >= 15 is 0 Å². The third kappa shape index (κ3) is 4.73. The molecule has 2 aromatic rings. The van der Waals surface area contributed by atoms with Crippen molar-refractivity contribution in [2.45, 2.75) is 52.0 Å². The fourth-order valence-electron chi connectivity index (χ4n) is 3.65. The second kappa shape index (κ2) is 8.47. The van der Waals surface area contributed by atoms with E-state index in [2.05, 4.69) is 4.98 Å². The molecule has 2 unspecified atom stereocenters. The van der Waals surface area contributed by atoms with Gasteiger partial charge >= 0.3 is 0 Å². The van der Waals surface area contributed by atoms with Crippen LogP contribution in [0.2, 0.25) is 0 Å². The zero-order valence-corrected chi connectivity index (χ0v) is 20.2. The van der Waals surface area contributed by atoms with Crippen molar-refractivity contribution < 1.29 is 34.4 Å². The zero-order chi connectivity index (χ0) is 23.9. The standard InChI is InChI=1S/C20H24FNO7S3/c1-20(32(27,28)16-6-4-5-15(10-16)30(2,23)24)7-8-29-17(11-20)19-18(31(3,25)26)9-14(12-21)13-22-19/h4-6,9-10,13,17H,7-8,11-12H2,1-3H3. The number of benzene rings is 1. The van der Waals surface area contributed by atoms with Crippen LogP contribution in [0.3, 0.4) is 0 Å². The molecule has 0 radical (unpaired) electrons. The molecular formula is C20H24FNO7S3. The van der Waals surface area contributed by atoms with Crippen LogP contribution >= 0.6 is 0 Å². The summed E-state index contributed by atoms with van der Waals surface area (Å²) in [5, 5.41) is 0. The molecule has 12 heteroatoms. The van der Waals surface area contributed by atoms with Gasteiger partial charge in [0.15, 0.2) is 29.5 Å². The maximum Gasteiger partial charge on any atom is 0.184 e. The van der Waals surface area contributed by atoms with Crippen LogP contribution in [0.4, 0.5) is 4.39 Å². The Kier molecular flexibility index (Phi) is 6.55. The molecule has 32 heavy (non-hydrogen) atoms.